The second-order valence-corrected chi connectivity index (χ2v) is 5.91. The quantitative estimate of drug-likeness (QED) is 0.624. The third-order valence-corrected chi connectivity index (χ3v) is 4.39. The molecule has 130 valence electrons. The summed E-state index contributed by atoms with van der Waals surface area (Å²) in [5, 5.41) is 11.1. The maximum Gasteiger partial charge on any atom is 0.426 e. The van der Waals surface area contributed by atoms with Gasteiger partial charge in [0.05, 0.1) is 18.7 Å². The maximum absolute atomic E-state index is 13.1. The van der Waals surface area contributed by atoms with Crippen molar-refractivity contribution in [2.24, 2.45) is 7.05 Å². The van der Waals surface area contributed by atoms with Crippen molar-refractivity contribution in [2.75, 3.05) is 7.11 Å². The highest BCUT2D eigenvalue weighted by molar-refractivity contribution is 7.10. The number of methoxy groups -OCH3 is 1. The first-order valence-electron chi connectivity index (χ1n) is 6.94. The molecule has 1 aromatic carbocycles. The summed E-state index contributed by atoms with van der Waals surface area (Å²) in [4.78, 5) is 8.34. The summed E-state index contributed by atoms with van der Waals surface area (Å²) in [5.74, 6) is 0. The van der Waals surface area contributed by atoms with Gasteiger partial charge in [0.1, 0.15) is 4.88 Å². The van der Waals surface area contributed by atoms with Crippen LogP contribution in [0.5, 0.6) is 0 Å². The zero-order valence-electron chi connectivity index (χ0n) is 13.3. The molecule has 0 N–H and O–H groups in total. The first kappa shape index (κ1) is 18.5. The van der Waals surface area contributed by atoms with Gasteiger partial charge < -0.3 is 9.30 Å². The molecule has 2 aromatic heterocycles. The van der Waals surface area contributed by atoms with E-state index < -0.39 is 11.1 Å². The molecule has 0 bridgehead atoms. The van der Waals surface area contributed by atoms with Gasteiger partial charge in [-0.15, -0.1) is 11.3 Å². The fraction of sp³-hybridized carbons (Fsp3) is 0.176. The number of hydrogen-bond acceptors (Lipinski definition) is 4. The zero-order chi connectivity index (χ0) is 18.6. The number of aromatic nitrogens is 1. The second kappa shape index (κ2) is 7.40. The lowest BCUT2D eigenvalue weighted by Crippen LogP contribution is -2.03. The third kappa shape index (κ3) is 3.83. The number of ether oxygens (including phenoxy) is 1. The minimum absolute atomic E-state index is 0.160. The summed E-state index contributed by atoms with van der Waals surface area (Å²) in [6.07, 6.45) is -2.71. The zero-order valence-corrected chi connectivity index (χ0v) is 14.1. The molecular weight excluding hydrogens is 353 g/mol. The van der Waals surface area contributed by atoms with Crippen molar-refractivity contribution < 1.29 is 22.7 Å². The van der Waals surface area contributed by atoms with Crippen LogP contribution in [-0.4, -0.2) is 18.1 Å². The van der Waals surface area contributed by atoms with Gasteiger partial charge >= 0.3 is 6.18 Å². The van der Waals surface area contributed by atoms with E-state index in [1.54, 1.807) is 36.0 Å². The molecule has 3 rings (SSSR count). The fourth-order valence-corrected chi connectivity index (χ4v) is 3.20. The summed E-state index contributed by atoms with van der Waals surface area (Å²) in [7, 11) is 3.09. The van der Waals surface area contributed by atoms with Crippen LogP contribution < -0.4 is 0 Å². The number of aryl methyl sites for hydroxylation is 1. The van der Waals surface area contributed by atoms with Crippen LogP contribution in [0.2, 0.25) is 0 Å². The van der Waals surface area contributed by atoms with Crippen LogP contribution in [0.15, 0.2) is 35.8 Å². The minimum atomic E-state index is -4.38. The molecule has 0 unspecified atom stereocenters. The van der Waals surface area contributed by atoms with E-state index in [0.29, 0.717) is 34.3 Å². The lowest BCUT2D eigenvalue weighted by Gasteiger charge is -2.06. The van der Waals surface area contributed by atoms with Crippen molar-refractivity contribution in [3.8, 4) is 17.2 Å². The Morgan fingerprint density at radius 2 is 1.96 bits per heavy atom. The predicted molar refractivity (Wildman–Crippen MR) is 89.0 cm³/mol. The summed E-state index contributed by atoms with van der Waals surface area (Å²) < 4.78 is 44.8. The van der Waals surface area contributed by atoms with E-state index in [1.165, 1.54) is 18.6 Å². The number of halogens is 3. The molecule has 0 amide bonds. The average Bonchev–Trinajstić information content (AvgIpc) is 3.19. The van der Waals surface area contributed by atoms with Crippen molar-refractivity contribution in [2.45, 2.75) is 6.18 Å². The van der Waals surface area contributed by atoms with Gasteiger partial charge in [-0.3, -0.25) is 4.79 Å². The Morgan fingerprint density at radius 3 is 2.52 bits per heavy atom. The number of nitriles is 1. The number of hydrogen-bond donors (Lipinski definition) is 0. The molecule has 25 heavy (non-hydrogen) atoms. The van der Waals surface area contributed by atoms with Gasteiger partial charge in [-0.1, -0.05) is 0 Å². The Bertz CT molecular complexity index is 936. The monoisotopic (exact) mass is 366 g/mol. The molecule has 2 heterocycles. The summed E-state index contributed by atoms with van der Waals surface area (Å²) in [6, 6.07) is 8.52. The van der Waals surface area contributed by atoms with E-state index in [0.717, 1.165) is 5.52 Å². The largest absolute Gasteiger partial charge is 0.471 e. The SMILES string of the molecule is COC=O.Cn1cc(-c2ccsc2C(F)(F)F)c2cc(C#N)ccc21. The van der Waals surface area contributed by atoms with Crippen molar-refractivity contribution >= 4 is 28.7 Å². The highest BCUT2D eigenvalue weighted by Gasteiger charge is 2.35. The van der Waals surface area contributed by atoms with Gasteiger partial charge in [-0.2, -0.15) is 18.4 Å². The number of alkyl halides is 3. The molecule has 0 aliphatic rings. The smallest absolute Gasteiger partial charge is 0.426 e. The van der Waals surface area contributed by atoms with Crippen molar-refractivity contribution in [1.82, 2.24) is 4.57 Å². The van der Waals surface area contributed by atoms with Crippen LogP contribution in [-0.2, 0) is 22.8 Å². The predicted octanol–water partition coefficient (Wildman–Crippen LogP) is 4.59. The minimum Gasteiger partial charge on any atom is -0.471 e. The van der Waals surface area contributed by atoms with Gasteiger partial charge in [0.25, 0.3) is 6.47 Å². The van der Waals surface area contributed by atoms with Gasteiger partial charge in [0.15, 0.2) is 0 Å². The number of carbonyl (C=O) groups excluding carboxylic acids is 1. The van der Waals surface area contributed by atoms with E-state index >= 15 is 0 Å². The van der Waals surface area contributed by atoms with E-state index in [1.807, 2.05) is 6.07 Å². The van der Waals surface area contributed by atoms with Crippen LogP contribution in [0.4, 0.5) is 13.2 Å². The number of carbonyl (C=O) groups is 1. The van der Waals surface area contributed by atoms with Crippen LogP contribution in [0.25, 0.3) is 22.0 Å². The van der Waals surface area contributed by atoms with Crippen molar-refractivity contribution in [1.29, 1.82) is 5.26 Å². The summed E-state index contributed by atoms with van der Waals surface area (Å²) >= 11 is 0.680. The molecule has 0 aliphatic carbocycles. The number of nitrogens with zero attached hydrogens (tertiary/aromatic N) is 2. The van der Waals surface area contributed by atoms with E-state index in [2.05, 4.69) is 4.74 Å². The molecule has 8 heteroatoms. The van der Waals surface area contributed by atoms with Crippen LogP contribution in [0.3, 0.4) is 0 Å². The molecule has 0 spiro atoms. The molecule has 0 saturated carbocycles. The summed E-state index contributed by atoms with van der Waals surface area (Å²) in [6.45, 7) is 0.375. The molecule has 0 saturated heterocycles. The number of thiophene rings is 1. The molecule has 0 atom stereocenters. The van der Waals surface area contributed by atoms with Crippen LogP contribution >= 0.6 is 11.3 Å². The topological polar surface area (TPSA) is 55.0 Å². The highest BCUT2D eigenvalue weighted by Crippen LogP contribution is 2.43. The van der Waals surface area contributed by atoms with Gasteiger partial charge in [0.2, 0.25) is 0 Å². The lowest BCUT2D eigenvalue weighted by atomic mass is 10.0. The molecular formula is C17H13F3N2O2S. The fourth-order valence-electron chi connectivity index (χ4n) is 2.42. The summed E-state index contributed by atoms with van der Waals surface area (Å²) in [5.41, 5.74) is 1.88. The van der Waals surface area contributed by atoms with Crippen LogP contribution in [0.1, 0.15) is 10.4 Å². The van der Waals surface area contributed by atoms with Crippen LogP contribution in [0, 0.1) is 11.3 Å². The Hall–Kier alpha value is -2.79. The first-order valence-corrected chi connectivity index (χ1v) is 7.82. The number of benzene rings is 1. The standard InChI is InChI=1S/C15H9F3N2S.C2H4O2/c1-20-8-12(10-4-5-21-14(10)15(16,17)18)11-6-9(7-19)2-3-13(11)20;1-4-2-3/h2-6,8H,1H3;2H,1H3. The Balaban J connectivity index is 0.000000511. The van der Waals surface area contributed by atoms with E-state index in [-0.39, 0.29) is 5.56 Å². The number of fused-ring (bicyclic) bond motifs is 1. The second-order valence-electron chi connectivity index (χ2n) is 4.99. The molecule has 0 radical (unpaired) electrons. The maximum atomic E-state index is 13.1. The first-order chi connectivity index (χ1) is 11.8. The Morgan fingerprint density at radius 1 is 1.28 bits per heavy atom. The molecule has 0 aliphatic heterocycles. The molecule has 4 nitrogen and oxygen atoms in total. The normalized spacial score (nSPS) is 10.7. The van der Waals surface area contributed by atoms with E-state index in [9.17, 15) is 13.2 Å². The molecule has 3 aromatic rings. The van der Waals surface area contributed by atoms with E-state index in [4.69, 9.17) is 10.1 Å². The third-order valence-electron chi connectivity index (χ3n) is 3.43. The van der Waals surface area contributed by atoms with Gasteiger partial charge in [-0.05, 0) is 29.6 Å². The van der Waals surface area contributed by atoms with Gasteiger partial charge in [-0.25, -0.2) is 0 Å². The van der Waals surface area contributed by atoms with Gasteiger partial charge in [0, 0.05) is 35.3 Å². The molecule has 0 fully saturated rings. The lowest BCUT2D eigenvalue weighted by molar-refractivity contribution is -0.133. The average molecular weight is 366 g/mol. The Kier molecular flexibility index (Phi) is 5.49. The van der Waals surface area contributed by atoms with Crippen molar-refractivity contribution in [3.63, 3.8) is 0 Å². The van der Waals surface area contributed by atoms with Crippen molar-refractivity contribution in [3.05, 3.63) is 46.3 Å². The number of rotatable bonds is 2. The Labute approximate surface area is 145 Å². The highest BCUT2D eigenvalue weighted by atomic mass is 32.1.